The van der Waals surface area contributed by atoms with Crippen molar-refractivity contribution < 1.29 is 14.3 Å². The normalized spacial score (nSPS) is 23.0. The Morgan fingerprint density at radius 3 is 2.83 bits per heavy atom. The Morgan fingerprint density at radius 2 is 2.42 bits per heavy atom. The van der Waals surface area contributed by atoms with E-state index in [1.807, 2.05) is 6.92 Å². The Morgan fingerprint density at radius 1 is 1.83 bits per heavy atom. The maximum Gasteiger partial charge on any atom is 0.333 e. The van der Waals surface area contributed by atoms with Crippen molar-refractivity contribution in [3.05, 3.63) is 12.2 Å². The van der Waals surface area contributed by atoms with Gasteiger partial charge in [-0.05, 0) is 13.8 Å². The summed E-state index contributed by atoms with van der Waals surface area (Å²) in [5, 5.41) is 0. The number of carbonyl (C=O) groups is 1. The van der Waals surface area contributed by atoms with Crippen LogP contribution in [0.5, 0.6) is 0 Å². The van der Waals surface area contributed by atoms with E-state index >= 15 is 0 Å². The number of hydrogen-bond acceptors (Lipinski definition) is 3. The van der Waals surface area contributed by atoms with Crippen LogP contribution in [-0.4, -0.2) is 24.8 Å². The van der Waals surface area contributed by atoms with Crippen LogP contribution in [0.15, 0.2) is 12.2 Å². The Labute approximate surface area is 72.4 Å². The van der Waals surface area contributed by atoms with Gasteiger partial charge >= 0.3 is 5.97 Å². The highest BCUT2D eigenvalue weighted by Gasteiger charge is 2.26. The molecule has 0 aliphatic carbocycles. The van der Waals surface area contributed by atoms with Crippen LogP contribution < -0.4 is 0 Å². The third kappa shape index (κ3) is 3.05. The molecule has 0 bridgehead atoms. The van der Waals surface area contributed by atoms with E-state index in [0.29, 0.717) is 11.7 Å². The van der Waals surface area contributed by atoms with Crippen LogP contribution in [0, 0.1) is 0 Å². The number of esters is 1. The molecule has 0 aromatic carbocycles. The summed E-state index contributed by atoms with van der Waals surface area (Å²) in [5.41, 5.74) is 0.443. The molecule has 0 aromatic heterocycles. The molecule has 3 heteroatoms. The van der Waals surface area contributed by atoms with E-state index in [0.717, 1.165) is 13.0 Å². The maximum absolute atomic E-state index is 11.0. The first-order valence-electron chi connectivity index (χ1n) is 4.07. The molecule has 0 saturated carbocycles. The highest BCUT2D eigenvalue weighted by molar-refractivity contribution is 5.87. The fourth-order valence-corrected chi connectivity index (χ4v) is 0.906. The summed E-state index contributed by atoms with van der Waals surface area (Å²) < 4.78 is 10.1. The minimum absolute atomic E-state index is 0.0679. The van der Waals surface area contributed by atoms with Crippen LogP contribution in [0.1, 0.15) is 20.3 Å². The quantitative estimate of drug-likeness (QED) is 0.362. The molecule has 0 aromatic rings. The summed E-state index contributed by atoms with van der Waals surface area (Å²) in [6.07, 6.45) is 1.03. The van der Waals surface area contributed by atoms with Gasteiger partial charge in [-0.3, -0.25) is 0 Å². The van der Waals surface area contributed by atoms with Gasteiger partial charge in [0.25, 0.3) is 0 Å². The SMILES string of the molecule is C=C(C)C(=O)OC(C)CC1CO1. The third-order valence-electron chi connectivity index (χ3n) is 1.65. The minimum atomic E-state index is -0.317. The molecule has 1 fully saturated rings. The Bertz CT molecular complexity index is 194. The van der Waals surface area contributed by atoms with Gasteiger partial charge in [-0.25, -0.2) is 4.79 Å². The second-order valence-corrected chi connectivity index (χ2v) is 3.19. The molecular weight excluding hydrogens is 156 g/mol. The van der Waals surface area contributed by atoms with Gasteiger partial charge in [0.15, 0.2) is 0 Å². The van der Waals surface area contributed by atoms with E-state index < -0.39 is 0 Å². The molecule has 68 valence electrons. The fourth-order valence-electron chi connectivity index (χ4n) is 0.906. The first-order valence-corrected chi connectivity index (χ1v) is 4.07. The van der Waals surface area contributed by atoms with Gasteiger partial charge in [-0.2, -0.15) is 0 Å². The molecule has 1 aliphatic rings. The van der Waals surface area contributed by atoms with Crippen molar-refractivity contribution in [2.75, 3.05) is 6.61 Å². The molecule has 0 spiro atoms. The molecule has 1 saturated heterocycles. The molecule has 1 aliphatic heterocycles. The molecule has 1 heterocycles. The number of epoxide rings is 1. The van der Waals surface area contributed by atoms with Crippen molar-refractivity contribution in [2.24, 2.45) is 0 Å². The molecule has 1 rings (SSSR count). The summed E-state index contributed by atoms with van der Waals surface area (Å²) in [5.74, 6) is -0.317. The summed E-state index contributed by atoms with van der Waals surface area (Å²) in [6, 6.07) is 0. The van der Waals surface area contributed by atoms with Crippen LogP contribution in [0.25, 0.3) is 0 Å². The first kappa shape index (κ1) is 9.26. The van der Waals surface area contributed by atoms with Gasteiger partial charge in [-0.1, -0.05) is 6.58 Å². The molecule has 0 amide bonds. The number of hydrogen-bond donors (Lipinski definition) is 0. The minimum Gasteiger partial charge on any atom is -0.459 e. The zero-order valence-electron chi connectivity index (χ0n) is 7.50. The Balaban J connectivity index is 2.19. The number of ether oxygens (including phenoxy) is 2. The van der Waals surface area contributed by atoms with Crippen LogP contribution in [0.4, 0.5) is 0 Å². The number of carbonyl (C=O) groups excluding carboxylic acids is 1. The lowest BCUT2D eigenvalue weighted by molar-refractivity contribution is -0.143. The summed E-state index contributed by atoms with van der Waals surface area (Å²) in [4.78, 5) is 11.0. The Kier molecular flexibility index (Phi) is 2.87. The highest BCUT2D eigenvalue weighted by atomic mass is 16.6. The fraction of sp³-hybridized carbons (Fsp3) is 0.667. The molecule has 12 heavy (non-hydrogen) atoms. The van der Waals surface area contributed by atoms with Crippen molar-refractivity contribution in [2.45, 2.75) is 32.5 Å². The van der Waals surface area contributed by atoms with Gasteiger partial charge in [0.05, 0.1) is 12.7 Å². The van der Waals surface area contributed by atoms with E-state index in [4.69, 9.17) is 9.47 Å². The zero-order valence-corrected chi connectivity index (χ0v) is 7.50. The van der Waals surface area contributed by atoms with Crippen molar-refractivity contribution in [3.8, 4) is 0 Å². The first-order chi connectivity index (χ1) is 5.59. The molecule has 2 atom stereocenters. The van der Waals surface area contributed by atoms with E-state index in [-0.39, 0.29) is 12.1 Å². The van der Waals surface area contributed by atoms with E-state index in [1.54, 1.807) is 6.92 Å². The molecule has 3 nitrogen and oxygen atoms in total. The topological polar surface area (TPSA) is 38.8 Å². The van der Waals surface area contributed by atoms with Crippen LogP contribution >= 0.6 is 0 Å². The van der Waals surface area contributed by atoms with Crippen LogP contribution in [0.3, 0.4) is 0 Å². The molecule has 2 unspecified atom stereocenters. The smallest absolute Gasteiger partial charge is 0.333 e. The average molecular weight is 170 g/mol. The number of rotatable bonds is 4. The lowest BCUT2D eigenvalue weighted by atomic mass is 10.2. The van der Waals surface area contributed by atoms with Crippen molar-refractivity contribution >= 4 is 5.97 Å². The zero-order chi connectivity index (χ0) is 9.14. The second-order valence-electron chi connectivity index (χ2n) is 3.19. The predicted octanol–water partition coefficient (Wildman–Crippen LogP) is 1.28. The lowest BCUT2D eigenvalue weighted by Gasteiger charge is -2.11. The largest absolute Gasteiger partial charge is 0.459 e. The van der Waals surface area contributed by atoms with Crippen molar-refractivity contribution in [1.82, 2.24) is 0 Å². The molecule has 0 N–H and O–H groups in total. The van der Waals surface area contributed by atoms with E-state index in [9.17, 15) is 4.79 Å². The predicted molar refractivity (Wildman–Crippen MR) is 44.7 cm³/mol. The monoisotopic (exact) mass is 170 g/mol. The second kappa shape index (κ2) is 3.72. The van der Waals surface area contributed by atoms with Gasteiger partial charge in [0.2, 0.25) is 0 Å². The average Bonchev–Trinajstić information content (AvgIpc) is 2.71. The lowest BCUT2D eigenvalue weighted by Crippen LogP contribution is -2.16. The van der Waals surface area contributed by atoms with E-state index in [2.05, 4.69) is 6.58 Å². The van der Waals surface area contributed by atoms with Gasteiger partial charge < -0.3 is 9.47 Å². The maximum atomic E-state index is 11.0. The van der Waals surface area contributed by atoms with Crippen molar-refractivity contribution in [1.29, 1.82) is 0 Å². The van der Waals surface area contributed by atoms with Gasteiger partial charge in [-0.15, -0.1) is 0 Å². The highest BCUT2D eigenvalue weighted by Crippen LogP contribution is 2.17. The summed E-state index contributed by atoms with van der Waals surface area (Å²) in [6.45, 7) is 7.80. The molecular formula is C9H14O3. The summed E-state index contributed by atoms with van der Waals surface area (Å²) in [7, 11) is 0. The summed E-state index contributed by atoms with van der Waals surface area (Å²) >= 11 is 0. The molecule has 0 radical (unpaired) electrons. The van der Waals surface area contributed by atoms with Gasteiger partial charge in [0, 0.05) is 12.0 Å². The van der Waals surface area contributed by atoms with Crippen LogP contribution in [-0.2, 0) is 14.3 Å². The third-order valence-corrected chi connectivity index (χ3v) is 1.65. The van der Waals surface area contributed by atoms with Gasteiger partial charge in [0.1, 0.15) is 6.10 Å². The van der Waals surface area contributed by atoms with Crippen molar-refractivity contribution in [3.63, 3.8) is 0 Å². The van der Waals surface area contributed by atoms with Crippen LogP contribution in [0.2, 0.25) is 0 Å². The standard InChI is InChI=1S/C9H14O3/c1-6(2)9(10)12-7(3)4-8-5-11-8/h7-8H,1,4-5H2,2-3H3. The van der Waals surface area contributed by atoms with E-state index in [1.165, 1.54) is 0 Å². The Hall–Kier alpha value is -0.830.